The summed E-state index contributed by atoms with van der Waals surface area (Å²) in [5.74, 6) is 2.91. The van der Waals surface area contributed by atoms with Gasteiger partial charge < -0.3 is 14.7 Å². The number of nitrogens with zero attached hydrogens (tertiary/aromatic N) is 3. The highest BCUT2D eigenvalue weighted by Gasteiger charge is 2.29. The molecule has 3 fully saturated rings. The van der Waals surface area contributed by atoms with E-state index in [2.05, 4.69) is 20.4 Å². The zero-order valence-electron chi connectivity index (χ0n) is 14.4. The lowest BCUT2D eigenvalue weighted by Gasteiger charge is -2.20. The highest BCUT2D eigenvalue weighted by Crippen LogP contribution is 2.38. The van der Waals surface area contributed by atoms with Crippen LogP contribution in [0.1, 0.15) is 69.0 Å². The predicted molar refractivity (Wildman–Crippen MR) is 89.5 cm³/mol. The SMILES string of the molecule is O=C(CCc1nc(C2CC2)no1)NC1CCN(CC2CCCC2)C1. The molecule has 0 spiro atoms. The topological polar surface area (TPSA) is 71.3 Å². The van der Waals surface area contributed by atoms with Gasteiger partial charge in [0.15, 0.2) is 5.82 Å². The third kappa shape index (κ3) is 4.15. The fraction of sp³-hybridized carbons (Fsp3) is 0.833. The molecule has 0 aromatic carbocycles. The molecule has 1 aromatic rings. The Bertz CT molecular complexity index is 563. The van der Waals surface area contributed by atoms with Gasteiger partial charge in [0, 0.05) is 44.4 Å². The summed E-state index contributed by atoms with van der Waals surface area (Å²) in [6, 6.07) is 0.309. The van der Waals surface area contributed by atoms with Crippen LogP contribution in [0.5, 0.6) is 0 Å². The number of carbonyl (C=O) groups excluding carboxylic acids is 1. The van der Waals surface area contributed by atoms with Gasteiger partial charge in [-0.15, -0.1) is 0 Å². The van der Waals surface area contributed by atoms with Crippen molar-refractivity contribution >= 4 is 5.91 Å². The summed E-state index contributed by atoms with van der Waals surface area (Å²) in [6.45, 7) is 3.35. The summed E-state index contributed by atoms with van der Waals surface area (Å²) >= 11 is 0. The van der Waals surface area contributed by atoms with Crippen LogP contribution in [-0.2, 0) is 11.2 Å². The summed E-state index contributed by atoms with van der Waals surface area (Å²) < 4.78 is 5.23. The molecular formula is C18H28N4O2. The molecule has 1 aliphatic heterocycles. The van der Waals surface area contributed by atoms with Gasteiger partial charge in [0.25, 0.3) is 0 Å². The number of hydrogen-bond donors (Lipinski definition) is 1. The number of amides is 1. The van der Waals surface area contributed by atoms with Gasteiger partial charge in [-0.05, 0) is 38.0 Å². The third-order valence-corrected chi connectivity index (χ3v) is 5.62. The minimum atomic E-state index is 0.105. The van der Waals surface area contributed by atoms with Crippen LogP contribution in [0.3, 0.4) is 0 Å². The number of rotatable bonds is 7. The maximum atomic E-state index is 12.2. The van der Waals surface area contributed by atoms with E-state index in [4.69, 9.17) is 4.52 Å². The molecule has 2 heterocycles. The first-order chi connectivity index (χ1) is 11.8. The summed E-state index contributed by atoms with van der Waals surface area (Å²) in [4.78, 5) is 19.1. The molecule has 0 radical (unpaired) electrons. The van der Waals surface area contributed by atoms with E-state index in [1.54, 1.807) is 0 Å². The molecule has 2 saturated carbocycles. The van der Waals surface area contributed by atoms with Crippen LogP contribution in [0.15, 0.2) is 4.52 Å². The van der Waals surface area contributed by atoms with Gasteiger partial charge in [-0.25, -0.2) is 0 Å². The number of carbonyl (C=O) groups is 1. The molecule has 3 aliphatic rings. The summed E-state index contributed by atoms with van der Waals surface area (Å²) in [5.41, 5.74) is 0. The number of hydrogen-bond acceptors (Lipinski definition) is 5. The summed E-state index contributed by atoms with van der Waals surface area (Å²) in [7, 11) is 0. The second-order valence-electron chi connectivity index (χ2n) is 7.78. The Morgan fingerprint density at radius 1 is 1.21 bits per heavy atom. The summed E-state index contributed by atoms with van der Waals surface area (Å²) in [5, 5.41) is 7.17. The maximum Gasteiger partial charge on any atom is 0.227 e. The molecule has 1 atom stereocenters. The average Bonchev–Trinajstić information content (AvgIpc) is 2.98. The molecule has 4 rings (SSSR count). The quantitative estimate of drug-likeness (QED) is 0.829. The molecule has 1 saturated heterocycles. The van der Waals surface area contributed by atoms with Crippen LogP contribution in [0.2, 0.25) is 0 Å². The second-order valence-corrected chi connectivity index (χ2v) is 7.78. The van der Waals surface area contributed by atoms with Crippen molar-refractivity contribution in [2.75, 3.05) is 19.6 Å². The molecule has 1 aromatic heterocycles. The standard InChI is InChI=1S/C18H28N4O2/c23-16(7-8-17-20-18(21-24-17)14-5-6-14)19-15-9-10-22(12-15)11-13-3-1-2-4-13/h13-15H,1-12H2,(H,19,23). The highest BCUT2D eigenvalue weighted by molar-refractivity contribution is 5.76. The zero-order chi connectivity index (χ0) is 16.4. The fourth-order valence-corrected chi connectivity index (χ4v) is 4.07. The van der Waals surface area contributed by atoms with Crippen LogP contribution < -0.4 is 5.32 Å². The van der Waals surface area contributed by atoms with Crippen molar-refractivity contribution in [3.63, 3.8) is 0 Å². The van der Waals surface area contributed by atoms with E-state index in [9.17, 15) is 4.79 Å². The molecule has 24 heavy (non-hydrogen) atoms. The third-order valence-electron chi connectivity index (χ3n) is 5.62. The van der Waals surface area contributed by atoms with Gasteiger partial charge in [-0.2, -0.15) is 4.98 Å². The van der Waals surface area contributed by atoms with Crippen molar-refractivity contribution in [2.45, 2.75) is 69.7 Å². The number of aromatic nitrogens is 2. The maximum absolute atomic E-state index is 12.2. The van der Waals surface area contributed by atoms with E-state index in [0.717, 1.165) is 31.3 Å². The number of aryl methyl sites for hydroxylation is 1. The summed E-state index contributed by atoms with van der Waals surface area (Å²) in [6.07, 6.45) is 9.96. The number of nitrogens with one attached hydrogen (secondary N) is 1. The van der Waals surface area contributed by atoms with Crippen LogP contribution >= 0.6 is 0 Å². The van der Waals surface area contributed by atoms with E-state index in [0.29, 0.717) is 30.7 Å². The smallest absolute Gasteiger partial charge is 0.227 e. The lowest BCUT2D eigenvalue weighted by molar-refractivity contribution is -0.121. The first kappa shape index (κ1) is 16.1. The molecule has 1 N–H and O–H groups in total. The molecule has 0 bridgehead atoms. The van der Waals surface area contributed by atoms with Crippen LogP contribution in [0.4, 0.5) is 0 Å². The van der Waals surface area contributed by atoms with Gasteiger partial charge in [0.05, 0.1) is 0 Å². The molecule has 132 valence electrons. The zero-order valence-corrected chi connectivity index (χ0v) is 14.4. The Morgan fingerprint density at radius 2 is 2.04 bits per heavy atom. The molecule has 1 unspecified atom stereocenters. The van der Waals surface area contributed by atoms with Crippen molar-refractivity contribution in [3.05, 3.63) is 11.7 Å². The highest BCUT2D eigenvalue weighted by atomic mass is 16.5. The molecule has 2 aliphatic carbocycles. The molecular weight excluding hydrogens is 304 g/mol. The minimum Gasteiger partial charge on any atom is -0.352 e. The van der Waals surface area contributed by atoms with E-state index in [1.807, 2.05) is 0 Å². The van der Waals surface area contributed by atoms with Crippen LogP contribution in [0.25, 0.3) is 0 Å². The molecule has 6 nitrogen and oxygen atoms in total. The predicted octanol–water partition coefficient (Wildman–Crippen LogP) is 2.26. The normalized spacial score (nSPS) is 25.4. The van der Waals surface area contributed by atoms with Gasteiger partial charge >= 0.3 is 0 Å². The Hall–Kier alpha value is -1.43. The number of likely N-dealkylation sites (tertiary alicyclic amines) is 1. The van der Waals surface area contributed by atoms with Crippen molar-refractivity contribution in [1.82, 2.24) is 20.4 Å². The van der Waals surface area contributed by atoms with E-state index >= 15 is 0 Å². The average molecular weight is 332 g/mol. The van der Waals surface area contributed by atoms with Gasteiger partial charge in [0.1, 0.15) is 0 Å². The van der Waals surface area contributed by atoms with Crippen LogP contribution in [-0.4, -0.2) is 46.6 Å². The van der Waals surface area contributed by atoms with Crippen molar-refractivity contribution in [3.8, 4) is 0 Å². The van der Waals surface area contributed by atoms with Crippen molar-refractivity contribution < 1.29 is 9.32 Å². The second kappa shape index (κ2) is 7.21. The van der Waals surface area contributed by atoms with E-state index in [-0.39, 0.29) is 5.91 Å². The fourth-order valence-electron chi connectivity index (χ4n) is 4.07. The van der Waals surface area contributed by atoms with Gasteiger partial charge in [0.2, 0.25) is 11.8 Å². The lowest BCUT2D eigenvalue weighted by atomic mass is 10.1. The first-order valence-corrected chi connectivity index (χ1v) is 9.60. The monoisotopic (exact) mass is 332 g/mol. The largest absolute Gasteiger partial charge is 0.352 e. The van der Waals surface area contributed by atoms with Crippen LogP contribution in [0, 0.1) is 5.92 Å². The Morgan fingerprint density at radius 3 is 2.83 bits per heavy atom. The Balaban J connectivity index is 1.16. The molecule has 1 amide bonds. The molecule has 6 heteroatoms. The first-order valence-electron chi connectivity index (χ1n) is 9.60. The van der Waals surface area contributed by atoms with Crippen molar-refractivity contribution in [1.29, 1.82) is 0 Å². The lowest BCUT2D eigenvalue weighted by Crippen LogP contribution is -2.37. The minimum absolute atomic E-state index is 0.105. The Labute approximate surface area is 143 Å². The van der Waals surface area contributed by atoms with E-state index in [1.165, 1.54) is 45.1 Å². The van der Waals surface area contributed by atoms with Gasteiger partial charge in [-0.3, -0.25) is 4.79 Å². The van der Waals surface area contributed by atoms with Gasteiger partial charge in [-0.1, -0.05) is 18.0 Å². The Kier molecular flexibility index (Phi) is 4.83. The van der Waals surface area contributed by atoms with E-state index < -0.39 is 0 Å². The van der Waals surface area contributed by atoms with Crippen molar-refractivity contribution in [2.24, 2.45) is 5.92 Å².